The van der Waals surface area contributed by atoms with Crippen LogP contribution in [0.5, 0.6) is 0 Å². The maximum Gasteiger partial charge on any atom is 0.365 e. The summed E-state index contributed by atoms with van der Waals surface area (Å²) in [4.78, 5) is 14.0. The molecule has 1 rings (SSSR count). The Morgan fingerprint density at radius 2 is 2.50 bits per heavy atom. The van der Waals surface area contributed by atoms with Crippen molar-refractivity contribution in [2.75, 3.05) is 5.48 Å². The standard InChI is InChI=1S/C4H6N4O2/c1-8-4(9)6-3(7-10)2-5-8/h2,10H,1H3,(H,6,7,9). The number of aromatic nitrogens is 3. The monoisotopic (exact) mass is 142 g/mol. The maximum atomic E-state index is 10.6. The van der Waals surface area contributed by atoms with Crippen LogP contribution >= 0.6 is 0 Å². The molecule has 0 spiro atoms. The molecule has 0 amide bonds. The molecule has 0 bridgehead atoms. The van der Waals surface area contributed by atoms with Crippen molar-refractivity contribution in [1.82, 2.24) is 14.8 Å². The summed E-state index contributed by atoms with van der Waals surface area (Å²) >= 11 is 0. The summed E-state index contributed by atoms with van der Waals surface area (Å²) in [5, 5.41) is 11.8. The largest absolute Gasteiger partial charge is 0.365 e. The SMILES string of the molecule is Cn1ncc(NO)nc1=O. The van der Waals surface area contributed by atoms with E-state index in [4.69, 9.17) is 5.21 Å². The summed E-state index contributed by atoms with van der Waals surface area (Å²) in [6.07, 6.45) is 1.24. The van der Waals surface area contributed by atoms with Crippen molar-refractivity contribution >= 4 is 5.82 Å². The van der Waals surface area contributed by atoms with E-state index in [1.807, 2.05) is 0 Å². The van der Waals surface area contributed by atoms with E-state index >= 15 is 0 Å². The van der Waals surface area contributed by atoms with Gasteiger partial charge in [0.05, 0.1) is 6.20 Å². The summed E-state index contributed by atoms with van der Waals surface area (Å²) in [5.74, 6) is 0.0445. The Kier molecular flexibility index (Phi) is 1.63. The number of rotatable bonds is 1. The zero-order valence-electron chi connectivity index (χ0n) is 5.27. The van der Waals surface area contributed by atoms with E-state index in [1.165, 1.54) is 13.2 Å². The molecular weight excluding hydrogens is 136 g/mol. The van der Waals surface area contributed by atoms with Crippen molar-refractivity contribution in [3.63, 3.8) is 0 Å². The molecule has 0 radical (unpaired) electrons. The van der Waals surface area contributed by atoms with Gasteiger partial charge in [0, 0.05) is 7.05 Å². The minimum atomic E-state index is -0.515. The van der Waals surface area contributed by atoms with Gasteiger partial charge in [-0.05, 0) is 0 Å². The fourth-order valence-corrected chi connectivity index (χ4v) is 0.449. The lowest BCUT2D eigenvalue weighted by Crippen LogP contribution is -2.22. The zero-order chi connectivity index (χ0) is 7.56. The highest BCUT2D eigenvalue weighted by Gasteiger charge is 1.93. The minimum absolute atomic E-state index is 0.0445. The van der Waals surface area contributed by atoms with Gasteiger partial charge >= 0.3 is 5.69 Å². The summed E-state index contributed by atoms with van der Waals surface area (Å²) in [7, 11) is 1.47. The van der Waals surface area contributed by atoms with Crippen LogP contribution in [0.3, 0.4) is 0 Å². The zero-order valence-corrected chi connectivity index (χ0v) is 5.27. The fraction of sp³-hybridized carbons (Fsp3) is 0.250. The molecule has 0 fully saturated rings. The van der Waals surface area contributed by atoms with Crippen LogP contribution in [0.15, 0.2) is 11.0 Å². The van der Waals surface area contributed by atoms with Gasteiger partial charge in [-0.25, -0.2) is 9.48 Å². The van der Waals surface area contributed by atoms with Crippen LogP contribution < -0.4 is 11.2 Å². The molecule has 10 heavy (non-hydrogen) atoms. The number of hydrogen-bond acceptors (Lipinski definition) is 5. The molecule has 1 heterocycles. The molecule has 0 saturated carbocycles. The Hall–Kier alpha value is -1.43. The average molecular weight is 142 g/mol. The predicted molar refractivity (Wildman–Crippen MR) is 32.7 cm³/mol. The molecule has 0 aliphatic heterocycles. The number of anilines is 1. The first kappa shape index (κ1) is 6.69. The molecule has 0 atom stereocenters. The van der Waals surface area contributed by atoms with Crippen LogP contribution in [-0.2, 0) is 7.05 Å². The molecule has 0 aromatic carbocycles. The minimum Gasteiger partial charge on any atom is -0.290 e. The van der Waals surface area contributed by atoms with Gasteiger partial charge in [0.15, 0.2) is 5.82 Å². The van der Waals surface area contributed by atoms with E-state index in [2.05, 4.69) is 10.1 Å². The van der Waals surface area contributed by atoms with Crippen LogP contribution in [-0.4, -0.2) is 20.0 Å². The van der Waals surface area contributed by atoms with Crippen molar-refractivity contribution < 1.29 is 5.21 Å². The van der Waals surface area contributed by atoms with E-state index in [1.54, 1.807) is 5.48 Å². The third kappa shape index (κ3) is 1.11. The second-order valence-electron chi connectivity index (χ2n) is 1.66. The average Bonchev–Trinajstić information content (AvgIpc) is 1.95. The van der Waals surface area contributed by atoms with Gasteiger partial charge in [-0.15, -0.1) is 0 Å². The molecule has 6 nitrogen and oxygen atoms in total. The van der Waals surface area contributed by atoms with Crippen molar-refractivity contribution in [2.45, 2.75) is 0 Å². The first-order chi connectivity index (χ1) is 4.74. The highest BCUT2D eigenvalue weighted by Crippen LogP contribution is 1.88. The van der Waals surface area contributed by atoms with Crippen LogP contribution in [0.4, 0.5) is 5.82 Å². The van der Waals surface area contributed by atoms with Crippen molar-refractivity contribution in [2.24, 2.45) is 7.05 Å². The number of nitrogens with one attached hydrogen (secondary N) is 1. The maximum absolute atomic E-state index is 10.6. The van der Waals surface area contributed by atoms with E-state index < -0.39 is 5.69 Å². The second-order valence-corrected chi connectivity index (χ2v) is 1.66. The van der Waals surface area contributed by atoms with Gasteiger partial charge in [-0.1, -0.05) is 0 Å². The van der Waals surface area contributed by atoms with Gasteiger partial charge < -0.3 is 0 Å². The van der Waals surface area contributed by atoms with E-state index in [0.29, 0.717) is 0 Å². The Bertz CT molecular complexity index is 281. The van der Waals surface area contributed by atoms with E-state index in [-0.39, 0.29) is 5.82 Å². The summed E-state index contributed by atoms with van der Waals surface area (Å²) < 4.78 is 1.06. The molecule has 1 aromatic heterocycles. The van der Waals surface area contributed by atoms with E-state index in [0.717, 1.165) is 4.68 Å². The van der Waals surface area contributed by atoms with Gasteiger partial charge in [0.1, 0.15) is 0 Å². The van der Waals surface area contributed by atoms with Crippen molar-refractivity contribution in [1.29, 1.82) is 0 Å². The van der Waals surface area contributed by atoms with Gasteiger partial charge in [-0.2, -0.15) is 10.1 Å². The van der Waals surface area contributed by atoms with Gasteiger partial charge in [0.25, 0.3) is 0 Å². The highest BCUT2D eigenvalue weighted by molar-refractivity contribution is 5.24. The summed E-state index contributed by atoms with van der Waals surface area (Å²) in [6.45, 7) is 0. The molecule has 0 unspecified atom stereocenters. The van der Waals surface area contributed by atoms with E-state index in [9.17, 15) is 4.79 Å². The molecular formula is C4H6N4O2. The molecule has 6 heteroatoms. The third-order valence-corrected chi connectivity index (χ3v) is 0.961. The predicted octanol–water partition coefficient (Wildman–Crippen LogP) is -1.02. The molecule has 0 saturated heterocycles. The summed E-state index contributed by atoms with van der Waals surface area (Å²) in [6, 6.07) is 0. The Balaban J connectivity index is 3.17. The van der Waals surface area contributed by atoms with Crippen LogP contribution in [0.2, 0.25) is 0 Å². The van der Waals surface area contributed by atoms with Crippen LogP contribution in [0.1, 0.15) is 0 Å². The third-order valence-electron chi connectivity index (χ3n) is 0.961. The molecule has 0 aliphatic carbocycles. The molecule has 0 aliphatic rings. The van der Waals surface area contributed by atoms with Gasteiger partial charge in [-0.3, -0.25) is 10.7 Å². The second kappa shape index (κ2) is 2.44. The Morgan fingerprint density at radius 3 is 3.00 bits per heavy atom. The normalized spacial score (nSPS) is 9.40. The van der Waals surface area contributed by atoms with Crippen molar-refractivity contribution in [3.8, 4) is 0 Å². The number of hydrogen-bond donors (Lipinski definition) is 2. The lowest BCUT2D eigenvalue weighted by atomic mass is 10.7. The molecule has 1 aromatic rings. The number of nitrogens with zero attached hydrogens (tertiary/aromatic N) is 3. The van der Waals surface area contributed by atoms with Crippen LogP contribution in [0.25, 0.3) is 0 Å². The quantitative estimate of drug-likeness (QED) is 0.490. The Morgan fingerprint density at radius 1 is 1.80 bits per heavy atom. The van der Waals surface area contributed by atoms with Crippen molar-refractivity contribution in [3.05, 3.63) is 16.7 Å². The van der Waals surface area contributed by atoms with Gasteiger partial charge in [0.2, 0.25) is 0 Å². The first-order valence-electron chi connectivity index (χ1n) is 2.54. The highest BCUT2D eigenvalue weighted by atomic mass is 16.5. The lowest BCUT2D eigenvalue weighted by Gasteiger charge is -1.95. The fourth-order valence-electron chi connectivity index (χ4n) is 0.449. The van der Waals surface area contributed by atoms with Crippen LogP contribution in [0, 0.1) is 0 Å². The molecule has 54 valence electrons. The first-order valence-corrected chi connectivity index (χ1v) is 2.54. The summed E-state index contributed by atoms with van der Waals surface area (Å²) in [5.41, 5.74) is 1.19. The lowest BCUT2D eigenvalue weighted by molar-refractivity contribution is 0.384. The number of aryl methyl sites for hydroxylation is 1. The Labute approximate surface area is 56.1 Å². The molecule has 2 N–H and O–H groups in total. The smallest absolute Gasteiger partial charge is 0.290 e. The topological polar surface area (TPSA) is 80.0 Å².